The summed E-state index contributed by atoms with van der Waals surface area (Å²) >= 11 is 0. The van der Waals surface area contributed by atoms with Crippen molar-refractivity contribution in [2.75, 3.05) is 38.6 Å². The minimum absolute atomic E-state index is 0.0694. The lowest BCUT2D eigenvalue weighted by atomic mass is 9.89. The first-order valence-corrected chi connectivity index (χ1v) is 12.7. The molecule has 0 bridgehead atoms. The molecule has 170 valence electrons. The first-order chi connectivity index (χ1) is 14.0. The van der Waals surface area contributed by atoms with Gasteiger partial charge in [0.2, 0.25) is 10.0 Å². The van der Waals surface area contributed by atoms with E-state index in [9.17, 15) is 13.2 Å². The predicted octanol–water partition coefficient (Wildman–Crippen LogP) is 2.77. The lowest BCUT2D eigenvalue weighted by Gasteiger charge is -2.28. The second-order valence-corrected chi connectivity index (χ2v) is 9.51. The number of hydrogen-bond acceptors (Lipinski definition) is 6. The van der Waals surface area contributed by atoms with Crippen LogP contribution in [0.15, 0.2) is 12.7 Å². The Morgan fingerprint density at radius 2 is 1.83 bits per heavy atom. The SMILES string of the molecule is C=CCCNCCCCCCOC1CCC(CS(=O)(=O)NCC(=O)OCC)CC1. The van der Waals surface area contributed by atoms with Crippen molar-refractivity contribution >= 4 is 16.0 Å². The normalized spacial score (nSPS) is 19.8. The number of carbonyl (C=O) groups excluding carboxylic acids is 1. The number of rotatable bonds is 17. The van der Waals surface area contributed by atoms with Crippen LogP contribution in [0.5, 0.6) is 0 Å². The van der Waals surface area contributed by atoms with Crippen LogP contribution < -0.4 is 10.0 Å². The summed E-state index contributed by atoms with van der Waals surface area (Å²) in [6.45, 7) is 8.22. The highest BCUT2D eigenvalue weighted by molar-refractivity contribution is 7.89. The smallest absolute Gasteiger partial charge is 0.320 e. The van der Waals surface area contributed by atoms with E-state index in [1.54, 1.807) is 6.92 Å². The van der Waals surface area contributed by atoms with Crippen LogP contribution in [0.2, 0.25) is 0 Å². The Kier molecular flexibility index (Phi) is 14.2. The topological polar surface area (TPSA) is 93.7 Å². The molecule has 7 nitrogen and oxygen atoms in total. The predicted molar refractivity (Wildman–Crippen MR) is 116 cm³/mol. The van der Waals surface area contributed by atoms with Crippen molar-refractivity contribution < 1.29 is 22.7 Å². The van der Waals surface area contributed by atoms with Crippen molar-refractivity contribution in [3.63, 3.8) is 0 Å². The Bertz CT molecular complexity index is 545. The summed E-state index contributed by atoms with van der Waals surface area (Å²) in [5.41, 5.74) is 0. The fraction of sp³-hybridized carbons (Fsp3) is 0.857. The number of carbonyl (C=O) groups is 1. The molecule has 0 heterocycles. The molecule has 0 amide bonds. The number of ether oxygens (including phenoxy) is 2. The molecule has 1 aliphatic rings. The van der Waals surface area contributed by atoms with E-state index in [1.807, 2.05) is 6.08 Å². The molecular weight excluding hydrogens is 392 g/mol. The molecule has 0 spiro atoms. The highest BCUT2D eigenvalue weighted by Crippen LogP contribution is 2.27. The van der Waals surface area contributed by atoms with Crippen LogP contribution in [0.25, 0.3) is 0 Å². The molecule has 29 heavy (non-hydrogen) atoms. The minimum Gasteiger partial charge on any atom is -0.465 e. The largest absolute Gasteiger partial charge is 0.465 e. The highest BCUT2D eigenvalue weighted by atomic mass is 32.2. The van der Waals surface area contributed by atoms with E-state index in [0.717, 1.165) is 58.2 Å². The third-order valence-corrected chi connectivity index (χ3v) is 6.61. The maximum Gasteiger partial charge on any atom is 0.320 e. The molecule has 0 atom stereocenters. The summed E-state index contributed by atoms with van der Waals surface area (Å²) < 4.78 is 37.2. The molecule has 0 aromatic carbocycles. The molecule has 8 heteroatoms. The van der Waals surface area contributed by atoms with Gasteiger partial charge in [-0.15, -0.1) is 6.58 Å². The van der Waals surface area contributed by atoms with Crippen molar-refractivity contribution in [1.29, 1.82) is 0 Å². The van der Waals surface area contributed by atoms with Crippen molar-refractivity contribution in [3.05, 3.63) is 12.7 Å². The van der Waals surface area contributed by atoms with Crippen LogP contribution >= 0.6 is 0 Å². The molecule has 1 saturated carbocycles. The zero-order valence-corrected chi connectivity index (χ0v) is 18.8. The van der Waals surface area contributed by atoms with Gasteiger partial charge in [-0.25, -0.2) is 13.1 Å². The number of sulfonamides is 1. The average Bonchev–Trinajstić information content (AvgIpc) is 2.69. The van der Waals surface area contributed by atoms with Gasteiger partial charge in [0.15, 0.2) is 0 Å². The van der Waals surface area contributed by atoms with Gasteiger partial charge >= 0.3 is 5.97 Å². The Labute approximate surface area is 177 Å². The van der Waals surface area contributed by atoms with E-state index in [0.29, 0.717) is 0 Å². The van der Waals surface area contributed by atoms with E-state index < -0.39 is 16.0 Å². The van der Waals surface area contributed by atoms with Gasteiger partial charge in [-0.2, -0.15) is 0 Å². The van der Waals surface area contributed by atoms with Crippen LogP contribution in [0.3, 0.4) is 0 Å². The average molecular weight is 433 g/mol. The van der Waals surface area contributed by atoms with Gasteiger partial charge in [-0.1, -0.05) is 18.9 Å². The van der Waals surface area contributed by atoms with E-state index >= 15 is 0 Å². The van der Waals surface area contributed by atoms with E-state index in [4.69, 9.17) is 9.47 Å². The maximum absolute atomic E-state index is 12.1. The molecule has 1 aliphatic carbocycles. The molecule has 0 aliphatic heterocycles. The van der Waals surface area contributed by atoms with Gasteiger partial charge in [0.1, 0.15) is 6.54 Å². The van der Waals surface area contributed by atoms with Crippen molar-refractivity contribution in [1.82, 2.24) is 10.0 Å². The van der Waals surface area contributed by atoms with Crippen molar-refractivity contribution in [2.45, 2.75) is 70.8 Å². The number of unbranched alkanes of at least 4 members (excludes halogenated alkanes) is 3. The Morgan fingerprint density at radius 3 is 2.52 bits per heavy atom. The Hall–Kier alpha value is -0.960. The Balaban J connectivity index is 2.04. The second-order valence-electron chi connectivity index (χ2n) is 7.66. The van der Waals surface area contributed by atoms with Crippen LogP contribution in [0, 0.1) is 5.92 Å². The van der Waals surface area contributed by atoms with E-state index in [2.05, 4.69) is 16.6 Å². The van der Waals surface area contributed by atoms with Crippen LogP contribution in [-0.4, -0.2) is 59.1 Å². The molecule has 0 radical (unpaired) electrons. The minimum atomic E-state index is -3.45. The Morgan fingerprint density at radius 1 is 1.10 bits per heavy atom. The van der Waals surface area contributed by atoms with Gasteiger partial charge in [0.25, 0.3) is 0 Å². The molecule has 0 aromatic rings. The molecular formula is C21H40N2O5S. The van der Waals surface area contributed by atoms with Crippen LogP contribution in [-0.2, 0) is 24.3 Å². The van der Waals surface area contributed by atoms with Crippen molar-refractivity contribution in [2.24, 2.45) is 5.92 Å². The summed E-state index contributed by atoms with van der Waals surface area (Å²) in [6, 6.07) is 0. The van der Waals surface area contributed by atoms with Gasteiger partial charge in [-0.05, 0) is 70.9 Å². The van der Waals surface area contributed by atoms with E-state index in [1.165, 1.54) is 19.3 Å². The number of hydrogen-bond donors (Lipinski definition) is 2. The van der Waals surface area contributed by atoms with Gasteiger partial charge in [-0.3, -0.25) is 4.79 Å². The summed E-state index contributed by atoms with van der Waals surface area (Å²) in [5, 5.41) is 3.40. The monoisotopic (exact) mass is 432 g/mol. The zero-order chi connectivity index (χ0) is 21.4. The van der Waals surface area contributed by atoms with Crippen molar-refractivity contribution in [3.8, 4) is 0 Å². The molecule has 0 aromatic heterocycles. The summed E-state index contributed by atoms with van der Waals surface area (Å²) in [4.78, 5) is 11.3. The number of esters is 1. The molecule has 2 N–H and O–H groups in total. The quantitative estimate of drug-likeness (QED) is 0.209. The first kappa shape index (κ1) is 26.1. The molecule has 0 unspecified atom stereocenters. The van der Waals surface area contributed by atoms with Gasteiger partial charge < -0.3 is 14.8 Å². The molecule has 1 fully saturated rings. The van der Waals surface area contributed by atoms with Crippen LogP contribution in [0.1, 0.15) is 64.7 Å². The standard InChI is InChI=1S/C21H40N2O5S/c1-3-5-14-22-15-8-6-7-9-16-28-20-12-10-19(11-13-20)18-29(25,26)23-17-21(24)27-4-2/h3,19-20,22-23H,1,4-18H2,2H3. The fourth-order valence-corrected chi connectivity index (χ4v) is 4.91. The lowest BCUT2D eigenvalue weighted by Crippen LogP contribution is -2.36. The maximum atomic E-state index is 12.1. The second kappa shape index (κ2) is 15.8. The third kappa shape index (κ3) is 13.8. The third-order valence-electron chi connectivity index (χ3n) is 5.12. The summed E-state index contributed by atoms with van der Waals surface area (Å²) in [6.07, 6.45) is 11.4. The summed E-state index contributed by atoms with van der Waals surface area (Å²) in [5.74, 6) is -0.347. The molecule has 1 rings (SSSR count). The van der Waals surface area contributed by atoms with Gasteiger partial charge in [0, 0.05) is 6.61 Å². The lowest BCUT2D eigenvalue weighted by molar-refractivity contribution is -0.141. The molecule has 0 saturated heterocycles. The zero-order valence-electron chi connectivity index (χ0n) is 18.0. The van der Waals surface area contributed by atoms with Gasteiger partial charge in [0.05, 0.1) is 18.5 Å². The van der Waals surface area contributed by atoms with E-state index in [-0.39, 0.29) is 30.9 Å². The fourth-order valence-electron chi connectivity index (χ4n) is 3.50. The van der Waals surface area contributed by atoms with Crippen LogP contribution in [0.4, 0.5) is 0 Å². The number of nitrogens with one attached hydrogen (secondary N) is 2. The first-order valence-electron chi connectivity index (χ1n) is 11.0. The highest BCUT2D eigenvalue weighted by Gasteiger charge is 2.26. The summed E-state index contributed by atoms with van der Waals surface area (Å²) in [7, 11) is -3.45.